The highest BCUT2D eigenvalue weighted by Gasteiger charge is 2.14. The number of halogens is 3. The zero-order valence-electron chi connectivity index (χ0n) is 14.1. The van der Waals surface area contributed by atoms with Crippen molar-refractivity contribution < 1.29 is 9.18 Å². The standard InChI is InChI=1S/C19H17ClFN3O.ClH/c1-22-11-15-8-4-13-5-9-16(17(20)18(13)24-15)19(25)23-10-12-2-6-14(21)7-3-12;/h2-9,22H,10-11H2,1H3,(H,23,25);1H. The van der Waals surface area contributed by atoms with Crippen LogP contribution < -0.4 is 10.6 Å². The van der Waals surface area contributed by atoms with Crippen LogP contribution in [0.25, 0.3) is 10.9 Å². The van der Waals surface area contributed by atoms with Crippen molar-refractivity contribution in [2.75, 3.05) is 7.05 Å². The summed E-state index contributed by atoms with van der Waals surface area (Å²) in [5.74, 6) is -0.604. The molecule has 136 valence electrons. The summed E-state index contributed by atoms with van der Waals surface area (Å²) >= 11 is 6.42. The molecule has 0 saturated carbocycles. The van der Waals surface area contributed by atoms with E-state index in [-0.39, 0.29) is 24.1 Å². The number of fused-ring (bicyclic) bond motifs is 1. The van der Waals surface area contributed by atoms with Crippen molar-refractivity contribution in [1.29, 1.82) is 0 Å². The molecule has 0 aliphatic carbocycles. The van der Waals surface area contributed by atoms with E-state index in [0.29, 0.717) is 29.2 Å². The van der Waals surface area contributed by atoms with Crippen LogP contribution in [-0.2, 0) is 13.1 Å². The summed E-state index contributed by atoms with van der Waals surface area (Å²) < 4.78 is 12.9. The zero-order chi connectivity index (χ0) is 17.8. The Morgan fingerprint density at radius 3 is 2.46 bits per heavy atom. The van der Waals surface area contributed by atoms with Gasteiger partial charge >= 0.3 is 0 Å². The average molecular weight is 394 g/mol. The van der Waals surface area contributed by atoms with E-state index in [9.17, 15) is 9.18 Å². The van der Waals surface area contributed by atoms with E-state index in [2.05, 4.69) is 15.6 Å². The Morgan fingerprint density at radius 2 is 1.77 bits per heavy atom. The molecular weight excluding hydrogens is 376 g/mol. The van der Waals surface area contributed by atoms with Gasteiger partial charge < -0.3 is 10.6 Å². The van der Waals surface area contributed by atoms with Crippen molar-refractivity contribution in [3.05, 3.63) is 76.2 Å². The molecule has 0 atom stereocenters. The van der Waals surface area contributed by atoms with Crippen LogP contribution in [0.1, 0.15) is 21.6 Å². The van der Waals surface area contributed by atoms with E-state index in [0.717, 1.165) is 16.6 Å². The lowest BCUT2D eigenvalue weighted by molar-refractivity contribution is 0.0951. The summed E-state index contributed by atoms with van der Waals surface area (Å²) in [5.41, 5.74) is 2.62. The van der Waals surface area contributed by atoms with Crippen molar-refractivity contribution in [3.8, 4) is 0 Å². The van der Waals surface area contributed by atoms with Crippen LogP contribution in [0.3, 0.4) is 0 Å². The SMILES string of the molecule is CNCc1ccc2ccc(C(=O)NCc3ccc(F)cc3)c(Cl)c2n1.Cl. The maximum Gasteiger partial charge on any atom is 0.253 e. The molecular formula is C19H18Cl2FN3O. The first-order valence-electron chi connectivity index (χ1n) is 7.84. The second-order valence-corrected chi connectivity index (χ2v) is 6.02. The topological polar surface area (TPSA) is 54.0 Å². The first-order chi connectivity index (χ1) is 12.1. The minimum absolute atomic E-state index is 0. The van der Waals surface area contributed by atoms with Crippen LogP contribution in [0.4, 0.5) is 4.39 Å². The smallest absolute Gasteiger partial charge is 0.253 e. The quantitative estimate of drug-likeness (QED) is 0.685. The van der Waals surface area contributed by atoms with Gasteiger partial charge in [-0.25, -0.2) is 9.37 Å². The van der Waals surface area contributed by atoms with Crippen molar-refractivity contribution in [3.63, 3.8) is 0 Å². The van der Waals surface area contributed by atoms with Crippen LogP contribution >= 0.6 is 24.0 Å². The Morgan fingerprint density at radius 1 is 1.08 bits per heavy atom. The predicted molar refractivity (Wildman–Crippen MR) is 104 cm³/mol. The fourth-order valence-electron chi connectivity index (χ4n) is 2.53. The number of nitrogens with zero attached hydrogens (tertiary/aromatic N) is 1. The first kappa shape index (κ1) is 20.1. The summed E-state index contributed by atoms with van der Waals surface area (Å²) in [6.07, 6.45) is 0. The molecule has 0 unspecified atom stereocenters. The molecule has 0 saturated heterocycles. The van der Waals surface area contributed by atoms with E-state index in [4.69, 9.17) is 11.6 Å². The van der Waals surface area contributed by atoms with Gasteiger partial charge in [0.1, 0.15) is 5.82 Å². The molecule has 4 nitrogen and oxygen atoms in total. The number of hydrogen-bond donors (Lipinski definition) is 2. The fraction of sp³-hybridized carbons (Fsp3) is 0.158. The van der Waals surface area contributed by atoms with E-state index in [1.165, 1.54) is 12.1 Å². The number of carbonyl (C=O) groups excluding carboxylic acids is 1. The largest absolute Gasteiger partial charge is 0.348 e. The Hall–Kier alpha value is -2.21. The second kappa shape index (κ2) is 8.94. The Bertz CT molecular complexity index is 917. The minimum atomic E-state index is -0.309. The van der Waals surface area contributed by atoms with Gasteiger partial charge in [0.25, 0.3) is 5.91 Å². The zero-order valence-corrected chi connectivity index (χ0v) is 15.6. The number of nitrogens with one attached hydrogen (secondary N) is 2. The number of hydrogen-bond acceptors (Lipinski definition) is 3. The molecule has 0 spiro atoms. The van der Waals surface area contributed by atoms with Crippen molar-refractivity contribution in [1.82, 2.24) is 15.6 Å². The Labute approximate surface area is 162 Å². The molecule has 3 aromatic rings. The van der Waals surface area contributed by atoms with Gasteiger partial charge in [-0.1, -0.05) is 35.9 Å². The van der Waals surface area contributed by atoms with Crippen molar-refractivity contribution >= 4 is 40.8 Å². The monoisotopic (exact) mass is 393 g/mol. The normalized spacial score (nSPS) is 10.4. The minimum Gasteiger partial charge on any atom is -0.348 e. The number of carbonyl (C=O) groups is 1. The third kappa shape index (κ3) is 4.49. The summed E-state index contributed by atoms with van der Waals surface area (Å²) in [6.45, 7) is 0.911. The van der Waals surface area contributed by atoms with Gasteiger partial charge in [0.15, 0.2) is 0 Å². The summed E-state index contributed by atoms with van der Waals surface area (Å²) in [5, 5.41) is 7.03. The molecule has 0 radical (unpaired) electrons. The molecule has 2 N–H and O–H groups in total. The molecule has 1 amide bonds. The lowest BCUT2D eigenvalue weighted by atomic mass is 10.1. The maximum atomic E-state index is 12.9. The third-order valence-corrected chi connectivity index (χ3v) is 4.21. The average Bonchev–Trinajstić information content (AvgIpc) is 2.62. The van der Waals surface area contributed by atoms with Crippen molar-refractivity contribution in [2.45, 2.75) is 13.1 Å². The highest BCUT2D eigenvalue weighted by molar-refractivity contribution is 6.38. The molecule has 0 aliphatic heterocycles. The lowest BCUT2D eigenvalue weighted by Gasteiger charge is -2.10. The maximum absolute atomic E-state index is 12.9. The fourth-order valence-corrected chi connectivity index (χ4v) is 2.83. The second-order valence-electron chi connectivity index (χ2n) is 5.64. The van der Waals surface area contributed by atoms with E-state index in [1.807, 2.05) is 25.2 Å². The van der Waals surface area contributed by atoms with Crippen molar-refractivity contribution in [2.24, 2.45) is 0 Å². The molecule has 26 heavy (non-hydrogen) atoms. The molecule has 1 aromatic heterocycles. The molecule has 0 aliphatic rings. The molecule has 7 heteroatoms. The highest BCUT2D eigenvalue weighted by atomic mass is 35.5. The highest BCUT2D eigenvalue weighted by Crippen LogP contribution is 2.26. The van der Waals surface area contributed by atoms with Crippen LogP contribution in [0.15, 0.2) is 48.5 Å². The number of rotatable bonds is 5. The molecule has 3 rings (SSSR count). The van der Waals surface area contributed by atoms with Gasteiger partial charge in [-0.15, -0.1) is 12.4 Å². The van der Waals surface area contributed by atoms with Crippen LogP contribution in [0.2, 0.25) is 5.02 Å². The van der Waals surface area contributed by atoms with E-state index < -0.39 is 0 Å². The molecule has 0 fully saturated rings. The van der Waals surface area contributed by atoms with Gasteiger partial charge in [0.2, 0.25) is 0 Å². The predicted octanol–water partition coefficient (Wildman–Crippen LogP) is 4.10. The van der Waals surface area contributed by atoms with Crippen LogP contribution in [0.5, 0.6) is 0 Å². The van der Waals surface area contributed by atoms with E-state index in [1.54, 1.807) is 18.2 Å². The van der Waals surface area contributed by atoms with Crippen LogP contribution in [-0.4, -0.2) is 17.9 Å². The first-order valence-corrected chi connectivity index (χ1v) is 8.21. The molecule has 1 heterocycles. The van der Waals surface area contributed by atoms with Gasteiger partial charge in [0.05, 0.1) is 21.8 Å². The van der Waals surface area contributed by atoms with E-state index >= 15 is 0 Å². The van der Waals surface area contributed by atoms with Crippen LogP contribution in [0, 0.1) is 5.82 Å². The molecule has 2 aromatic carbocycles. The molecule has 0 bridgehead atoms. The third-order valence-electron chi connectivity index (χ3n) is 3.83. The number of pyridine rings is 1. The number of benzene rings is 2. The number of amides is 1. The van der Waals surface area contributed by atoms with Gasteiger partial charge in [0, 0.05) is 18.5 Å². The summed E-state index contributed by atoms with van der Waals surface area (Å²) in [7, 11) is 1.84. The van der Waals surface area contributed by atoms with Gasteiger partial charge in [-0.2, -0.15) is 0 Å². The Kier molecular flexibility index (Phi) is 6.91. The number of aromatic nitrogens is 1. The van der Waals surface area contributed by atoms with Gasteiger partial charge in [-0.3, -0.25) is 4.79 Å². The van der Waals surface area contributed by atoms with Gasteiger partial charge in [-0.05, 0) is 36.9 Å². The summed E-state index contributed by atoms with van der Waals surface area (Å²) in [4.78, 5) is 17.0. The Balaban J connectivity index is 0.00000243. The lowest BCUT2D eigenvalue weighted by Crippen LogP contribution is -2.23. The summed E-state index contributed by atoms with van der Waals surface area (Å²) in [6, 6.07) is 13.3.